The first-order valence-electron chi connectivity index (χ1n) is 9.94. The Hall–Kier alpha value is -2.60. The van der Waals surface area contributed by atoms with Crippen LogP contribution in [0.3, 0.4) is 0 Å². The zero-order chi connectivity index (χ0) is 19.8. The molecule has 2 aromatic rings. The van der Waals surface area contributed by atoms with Gasteiger partial charge in [-0.15, -0.1) is 0 Å². The number of aryl methyl sites for hydroxylation is 1. The standard InChI is InChI=1S/C22H31N5O/c1-17-7-6-8-19(26-17)15-24-22(23-2)25-16-21(27-13-4-5-14-27)18-9-11-20(28-3)12-10-18/h6-12,21H,4-5,13-16H2,1-3H3,(H2,23,24,25). The van der Waals surface area contributed by atoms with Crippen molar-refractivity contribution in [2.24, 2.45) is 4.99 Å². The number of hydrogen-bond donors (Lipinski definition) is 2. The van der Waals surface area contributed by atoms with Crippen LogP contribution < -0.4 is 15.4 Å². The lowest BCUT2D eigenvalue weighted by Gasteiger charge is -2.29. The fourth-order valence-electron chi connectivity index (χ4n) is 3.62. The third-order valence-corrected chi connectivity index (χ3v) is 5.15. The van der Waals surface area contributed by atoms with Gasteiger partial charge in [-0.2, -0.15) is 0 Å². The van der Waals surface area contributed by atoms with E-state index in [4.69, 9.17) is 4.74 Å². The van der Waals surface area contributed by atoms with E-state index in [0.717, 1.165) is 42.7 Å². The minimum atomic E-state index is 0.309. The first-order chi connectivity index (χ1) is 13.7. The van der Waals surface area contributed by atoms with Crippen LogP contribution in [0.5, 0.6) is 5.75 Å². The quantitative estimate of drug-likeness (QED) is 0.570. The van der Waals surface area contributed by atoms with Crippen LogP contribution in [0.4, 0.5) is 0 Å². The lowest BCUT2D eigenvalue weighted by atomic mass is 10.1. The van der Waals surface area contributed by atoms with Gasteiger partial charge < -0.3 is 15.4 Å². The summed E-state index contributed by atoms with van der Waals surface area (Å²) in [5, 5.41) is 6.86. The van der Waals surface area contributed by atoms with Crippen LogP contribution in [-0.4, -0.2) is 49.6 Å². The van der Waals surface area contributed by atoms with Gasteiger partial charge in [-0.3, -0.25) is 14.9 Å². The molecule has 1 unspecified atom stereocenters. The number of pyridine rings is 1. The SMILES string of the molecule is CN=C(NCc1cccc(C)n1)NCC(c1ccc(OC)cc1)N1CCCC1. The van der Waals surface area contributed by atoms with Crippen molar-refractivity contribution in [2.75, 3.05) is 33.8 Å². The van der Waals surface area contributed by atoms with E-state index in [1.54, 1.807) is 14.2 Å². The average molecular weight is 382 g/mol. The molecule has 6 nitrogen and oxygen atoms in total. The summed E-state index contributed by atoms with van der Waals surface area (Å²) in [6, 6.07) is 14.8. The molecule has 0 radical (unpaired) electrons. The molecule has 0 bridgehead atoms. The summed E-state index contributed by atoms with van der Waals surface area (Å²) in [5.74, 6) is 1.68. The van der Waals surface area contributed by atoms with Crippen molar-refractivity contribution in [1.29, 1.82) is 0 Å². The number of rotatable bonds is 7. The largest absolute Gasteiger partial charge is 0.497 e. The number of nitrogens with zero attached hydrogens (tertiary/aromatic N) is 3. The fraction of sp³-hybridized carbons (Fsp3) is 0.455. The lowest BCUT2D eigenvalue weighted by Crippen LogP contribution is -2.42. The van der Waals surface area contributed by atoms with Crippen molar-refractivity contribution in [3.63, 3.8) is 0 Å². The van der Waals surface area contributed by atoms with Crippen LogP contribution in [0.2, 0.25) is 0 Å². The third-order valence-electron chi connectivity index (χ3n) is 5.15. The number of aromatic nitrogens is 1. The molecule has 6 heteroatoms. The van der Waals surface area contributed by atoms with Gasteiger partial charge in [0, 0.05) is 19.3 Å². The zero-order valence-corrected chi connectivity index (χ0v) is 17.1. The van der Waals surface area contributed by atoms with Gasteiger partial charge in [-0.05, 0) is 62.7 Å². The van der Waals surface area contributed by atoms with Gasteiger partial charge in [-0.25, -0.2) is 0 Å². The molecule has 0 aliphatic carbocycles. The summed E-state index contributed by atoms with van der Waals surface area (Å²) in [4.78, 5) is 11.5. The maximum atomic E-state index is 5.31. The van der Waals surface area contributed by atoms with Gasteiger partial charge in [0.1, 0.15) is 5.75 Å². The highest BCUT2D eigenvalue weighted by molar-refractivity contribution is 5.79. The Kier molecular flexibility index (Phi) is 7.25. The van der Waals surface area contributed by atoms with Crippen LogP contribution >= 0.6 is 0 Å². The van der Waals surface area contributed by atoms with Crippen LogP contribution in [0.1, 0.15) is 35.8 Å². The maximum Gasteiger partial charge on any atom is 0.191 e. The number of ether oxygens (including phenoxy) is 1. The Labute approximate surface area is 168 Å². The molecule has 3 rings (SSSR count). The molecule has 2 heterocycles. The van der Waals surface area contributed by atoms with Gasteiger partial charge in [0.15, 0.2) is 5.96 Å². The normalized spacial score (nSPS) is 16.0. The van der Waals surface area contributed by atoms with Crippen LogP contribution in [0, 0.1) is 6.92 Å². The molecular formula is C22H31N5O. The second kappa shape index (κ2) is 10.1. The summed E-state index contributed by atoms with van der Waals surface area (Å²) in [6.07, 6.45) is 2.53. The monoisotopic (exact) mass is 381 g/mol. The lowest BCUT2D eigenvalue weighted by molar-refractivity contribution is 0.245. The predicted octanol–water partition coefficient (Wildman–Crippen LogP) is 2.90. The molecule has 1 saturated heterocycles. The molecule has 0 spiro atoms. The van der Waals surface area contributed by atoms with E-state index < -0.39 is 0 Å². The van der Waals surface area contributed by atoms with Crippen molar-refractivity contribution in [3.8, 4) is 5.75 Å². The van der Waals surface area contributed by atoms with E-state index in [1.165, 1.54) is 18.4 Å². The second-order valence-electron chi connectivity index (χ2n) is 7.11. The van der Waals surface area contributed by atoms with Crippen molar-refractivity contribution in [1.82, 2.24) is 20.5 Å². The summed E-state index contributed by atoms with van der Waals surface area (Å²) >= 11 is 0. The highest BCUT2D eigenvalue weighted by Gasteiger charge is 2.23. The van der Waals surface area contributed by atoms with Gasteiger partial charge in [0.25, 0.3) is 0 Å². The molecule has 0 saturated carbocycles. The van der Waals surface area contributed by atoms with Crippen LogP contribution in [0.15, 0.2) is 47.5 Å². The maximum absolute atomic E-state index is 5.31. The fourth-order valence-corrected chi connectivity index (χ4v) is 3.62. The van der Waals surface area contributed by atoms with Gasteiger partial charge >= 0.3 is 0 Å². The number of benzene rings is 1. The van der Waals surface area contributed by atoms with Crippen molar-refractivity contribution < 1.29 is 4.74 Å². The molecule has 1 aliphatic rings. The first kappa shape index (κ1) is 20.1. The smallest absolute Gasteiger partial charge is 0.191 e. The first-order valence-corrected chi connectivity index (χ1v) is 9.94. The van der Waals surface area contributed by atoms with E-state index >= 15 is 0 Å². The average Bonchev–Trinajstić information content (AvgIpc) is 3.25. The number of methoxy groups -OCH3 is 1. The highest BCUT2D eigenvalue weighted by Crippen LogP contribution is 2.26. The third kappa shape index (κ3) is 5.45. The molecule has 1 fully saturated rings. The van der Waals surface area contributed by atoms with Crippen LogP contribution in [-0.2, 0) is 6.54 Å². The number of likely N-dealkylation sites (tertiary alicyclic amines) is 1. The van der Waals surface area contributed by atoms with E-state index in [-0.39, 0.29) is 0 Å². The molecule has 2 N–H and O–H groups in total. The number of guanidine groups is 1. The Bertz CT molecular complexity index is 769. The summed E-state index contributed by atoms with van der Waals surface area (Å²) in [6.45, 7) is 5.73. The minimum Gasteiger partial charge on any atom is -0.497 e. The molecule has 1 aliphatic heterocycles. The van der Waals surface area contributed by atoms with E-state index in [2.05, 4.69) is 37.6 Å². The topological polar surface area (TPSA) is 61.8 Å². The molecule has 0 amide bonds. The Morgan fingerprint density at radius 1 is 1.14 bits per heavy atom. The molecule has 1 atom stereocenters. The summed E-state index contributed by atoms with van der Waals surface area (Å²) in [7, 11) is 3.50. The summed E-state index contributed by atoms with van der Waals surface area (Å²) < 4.78 is 5.31. The Morgan fingerprint density at radius 3 is 2.54 bits per heavy atom. The second-order valence-corrected chi connectivity index (χ2v) is 7.11. The minimum absolute atomic E-state index is 0.309. The summed E-state index contributed by atoms with van der Waals surface area (Å²) in [5.41, 5.74) is 3.33. The molecule has 150 valence electrons. The molecular weight excluding hydrogens is 350 g/mol. The van der Waals surface area contributed by atoms with Crippen molar-refractivity contribution in [3.05, 3.63) is 59.4 Å². The van der Waals surface area contributed by atoms with Crippen LogP contribution in [0.25, 0.3) is 0 Å². The molecule has 1 aromatic carbocycles. The molecule has 28 heavy (non-hydrogen) atoms. The van der Waals surface area contributed by atoms with E-state index in [0.29, 0.717) is 12.6 Å². The zero-order valence-electron chi connectivity index (χ0n) is 17.1. The Morgan fingerprint density at radius 2 is 1.89 bits per heavy atom. The van der Waals surface area contributed by atoms with Crippen molar-refractivity contribution in [2.45, 2.75) is 32.4 Å². The Balaban J connectivity index is 1.62. The predicted molar refractivity (Wildman–Crippen MR) is 114 cm³/mol. The van der Waals surface area contributed by atoms with Crippen molar-refractivity contribution >= 4 is 5.96 Å². The van der Waals surface area contributed by atoms with Gasteiger partial charge in [0.2, 0.25) is 0 Å². The number of nitrogens with one attached hydrogen (secondary N) is 2. The van der Waals surface area contributed by atoms with Gasteiger partial charge in [-0.1, -0.05) is 18.2 Å². The molecule has 1 aromatic heterocycles. The van der Waals surface area contributed by atoms with Gasteiger partial charge in [0.05, 0.1) is 25.4 Å². The van der Waals surface area contributed by atoms with E-state index in [1.807, 2.05) is 37.3 Å². The number of aliphatic imine (C=N–C) groups is 1. The highest BCUT2D eigenvalue weighted by atomic mass is 16.5. The number of hydrogen-bond acceptors (Lipinski definition) is 4. The van der Waals surface area contributed by atoms with E-state index in [9.17, 15) is 0 Å².